The molecule has 0 spiro atoms. The lowest BCUT2D eigenvalue weighted by Gasteiger charge is -2.22. The van der Waals surface area contributed by atoms with E-state index in [2.05, 4.69) is 15.7 Å². The molecule has 0 bridgehead atoms. The summed E-state index contributed by atoms with van der Waals surface area (Å²) in [5.74, 6) is -0.0915. The maximum Gasteiger partial charge on any atom is 0.267 e. The Labute approximate surface area is 105 Å². The predicted molar refractivity (Wildman–Crippen MR) is 65.7 cm³/mol. The van der Waals surface area contributed by atoms with Gasteiger partial charge in [-0.05, 0) is 24.9 Å². The van der Waals surface area contributed by atoms with E-state index < -0.39 is 0 Å². The van der Waals surface area contributed by atoms with Crippen molar-refractivity contribution in [3.05, 3.63) is 10.6 Å². The number of carbonyl (C=O) groups is 1. The summed E-state index contributed by atoms with van der Waals surface area (Å²) in [6.45, 7) is 3.89. The van der Waals surface area contributed by atoms with Crippen LogP contribution in [0.1, 0.15) is 42.1 Å². The summed E-state index contributed by atoms with van der Waals surface area (Å²) in [5.41, 5.74) is 0.763. The normalized spacial score (nSPS) is 11.9. The number of aromatic nitrogens is 2. The Morgan fingerprint density at radius 1 is 1.65 bits per heavy atom. The lowest BCUT2D eigenvalue weighted by Crippen LogP contribution is -2.34. The number of nitrogens with zero attached hydrogens (tertiary/aromatic N) is 4. The van der Waals surface area contributed by atoms with Crippen molar-refractivity contribution in [1.82, 2.24) is 14.5 Å². The average Bonchev–Trinajstić information content (AvgIpc) is 2.76. The highest BCUT2D eigenvalue weighted by Gasteiger charge is 2.22. The van der Waals surface area contributed by atoms with E-state index >= 15 is 0 Å². The van der Waals surface area contributed by atoms with Gasteiger partial charge in [-0.1, -0.05) is 17.8 Å². The molecule has 0 N–H and O–H groups in total. The van der Waals surface area contributed by atoms with Crippen molar-refractivity contribution in [3.8, 4) is 6.07 Å². The number of hydrogen-bond acceptors (Lipinski definition) is 5. The summed E-state index contributed by atoms with van der Waals surface area (Å²) in [7, 11) is 1.71. The zero-order valence-corrected chi connectivity index (χ0v) is 11.1. The van der Waals surface area contributed by atoms with Crippen LogP contribution in [0.4, 0.5) is 0 Å². The van der Waals surface area contributed by atoms with E-state index in [-0.39, 0.29) is 11.9 Å². The summed E-state index contributed by atoms with van der Waals surface area (Å²) in [5, 5.41) is 12.6. The second-order valence-corrected chi connectivity index (χ2v) is 4.68. The number of hydrogen-bond donors (Lipinski definition) is 0. The Balaban J connectivity index is 2.81. The fraction of sp³-hybridized carbons (Fsp3) is 0.636. The molecule has 6 heteroatoms. The van der Waals surface area contributed by atoms with Gasteiger partial charge in [-0.3, -0.25) is 4.79 Å². The van der Waals surface area contributed by atoms with Gasteiger partial charge in [-0.25, -0.2) is 0 Å². The molecular formula is C11H16N4OS. The van der Waals surface area contributed by atoms with E-state index in [0.29, 0.717) is 11.3 Å². The van der Waals surface area contributed by atoms with Crippen LogP contribution in [0.15, 0.2) is 0 Å². The number of amides is 1. The third-order valence-corrected chi connectivity index (χ3v) is 3.36. The molecule has 1 unspecified atom stereocenters. The van der Waals surface area contributed by atoms with Crippen molar-refractivity contribution in [2.75, 3.05) is 7.05 Å². The van der Waals surface area contributed by atoms with Crippen molar-refractivity contribution in [3.63, 3.8) is 0 Å². The van der Waals surface area contributed by atoms with E-state index in [0.717, 1.165) is 30.1 Å². The molecule has 0 fully saturated rings. The molecule has 1 atom stereocenters. The first-order valence-corrected chi connectivity index (χ1v) is 6.34. The quantitative estimate of drug-likeness (QED) is 0.802. The summed E-state index contributed by atoms with van der Waals surface area (Å²) >= 11 is 1.13. The van der Waals surface area contributed by atoms with Gasteiger partial charge in [-0.15, -0.1) is 5.10 Å². The van der Waals surface area contributed by atoms with Gasteiger partial charge in [0.25, 0.3) is 5.91 Å². The van der Waals surface area contributed by atoms with Crippen LogP contribution in [-0.4, -0.2) is 33.5 Å². The van der Waals surface area contributed by atoms with Crippen molar-refractivity contribution >= 4 is 17.4 Å². The standard InChI is InChI=1S/C11H16N4OS/c1-4-5-9-10(17-14-13-9)11(16)15(3)8(2)6-7-12/h8H,4-6H2,1-3H3. The van der Waals surface area contributed by atoms with Crippen molar-refractivity contribution in [2.24, 2.45) is 0 Å². The van der Waals surface area contributed by atoms with Crippen LogP contribution >= 0.6 is 11.5 Å². The first-order chi connectivity index (χ1) is 8.11. The summed E-state index contributed by atoms with van der Waals surface area (Å²) < 4.78 is 3.83. The summed E-state index contributed by atoms with van der Waals surface area (Å²) in [6.07, 6.45) is 2.03. The Hall–Kier alpha value is -1.48. The lowest BCUT2D eigenvalue weighted by atomic mass is 10.2. The number of carbonyl (C=O) groups excluding carboxylic acids is 1. The minimum Gasteiger partial charge on any atom is -0.337 e. The van der Waals surface area contributed by atoms with Crippen LogP contribution in [0.3, 0.4) is 0 Å². The minimum absolute atomic E-state index is 0.0915. The second kappa shape index (κ2) is 6.30. The molecule has 1 heterocycles. The van der Waals surface area contributed by atoms with Gasteiger partial charge in [0.05, 0.1) is 18.2 Å². The highest BCUT2D eigenvalue weighted by Crippen LogP contribution is 2.16. The molecule has 17 heavy (non-hydrogen) atoms. The number of nitriles is 1. The zero-order chi connectivity index (χ0) is 12.8. The van der Waals surface area contributed by atoms with E-state index in [1.807, 2.05) is 13.8 Å². The molecule has 1 aromatic heterocycles. The SMILES string of the molecule is CCCc1nnsc1C(=O)N(C)C(C)CC#N. The Morgan fingerprint density at radius 2 is 2.35 bits per heavy atom. The van der Waals surface area contributed by atoms with Crippen molar-refractivity contribution in [1.29, 1.82) is 5.26 Å². The fourth-order valence-electron chi connectivity index (χ4n) is 1.40. The Morgan fingerprint density at radius 3 is 2.94 bits per heavy atom. The highest BCUT2D eigenvalue weighted by atomic mass is 32.1. The molecule has 0 aromatic carbocycles. The number of aryl methyl sites for hydroxylation is 1. The van der Waals surface area contributed by atoms with Crippen LogP contribution in [0.5, 0.6) is 0 Å². The molecule has 1 aromatic rings. The van der Waals surface area contributed by atoms with Gasteiger partial charge in [-0.2, -0.15) is 5.26 Å². The molecule has 0 aliphatic heterocycles. The molecule has 0 aliphatic carbocycles. The third-order valence-electron chi connectivity index (χ3n) is 2.60. The number of rotatable bonds is 5. The highest BCUT2D eigenvalue weighted by molar-refractivity contribution is 7.08. The van der Waals surface area contributed by atoms with Crippen LogP contribution < -0.4 is 0 Å². The largest absolute Gasteiger partial charge is 0.337 e. The molecule has 1 amide bonds. The molecule has 0 saturated carbocycles. The molecule has 1 rings (SSSR count). The monoisotopic (exact) mass is 252 g/mol. The maximum absolute atomic E-state index is 12.2. The molecule has 0 aliphatic rings. The van der Waals surface area contributed by atoms with E-state index in [9.17, 15) is 4.79 Å². The maximum atomic E-state index is 12.2. The van der Waals surface area contributed by atoms with Gasteiger partial charge in [0.1, 0.15) is 4.88 Å². The first-order valence-electron chi connectivity index (χ1n) is 5.57. The fourth-order valence-corrected chi connectivity index (χ4v) is 2.09. The summed E-state index contributed by atoms with van der Waals surface area (Å²) in [6, 6.07) is 1.97. The van der Waals surface area contributed by atoms with Gasteiger partial charge in [0.2, 0.25) is 0 Å². The Kier molecular flexibility index (Phi) is 5.04. The van der Waals surface area contributed by atoms with E-state index in [1.165, 1.54) is 0 Å². The molecule has 5 nitrogen and oxygen atoms in total. The second-order valence-electron chi connectivity index (χ2n) is 3.93. The Bertz CT molecular complexity index is 423. The molecule has 92 valence electrons. The molecular weight excluding hydrogens is 236 g/mol. The van der Waals surface area contributed by atoms with Crippen LogP contribution in [0, 0.1) is 11.3 Å². The van der Waals surface area contributed by atoms with Crippen LogP contribution in [0.2, 0.25) is 0 Å². The third kappa shape index (κ3) is 3.24. The van der Waals surface area contributed by atoms with Crippen LogP contribution in [0.25, 0.3) is 0 Å². The predicted octanol–water partition coefficient (Wildman–Crippen LogP) is 1.86. The smallest absolute Gasteiger partial charge is 0.267 e. The lowest BCUT2D eigenvalue weighted by molar-refractivity contribution is 0.0750. The van der Waals surface area contributed by atoms with Crippen LogP contribution in [-0.2, 0) is 6.42 Å². The first kappa shape index (κ1) is 13.6. The van der Waals surface area contributed by atoms with Gasteiger partial charge in [0, 0.05) is 13.1 Å². The van der Waals surface area contributed by atoms with Gasteiger partial charge >= 0.3 is 0 Å². The summed E-state index contributed by atoms with van der Waals surface area (Å²) in [4.78, 5) is 14.3. The zero-order valence-electron chi connectivity index (χ0n) is 10.3. The topological polar surface area (TPSA) is 69.9 Å². The molecule has 0 saturated heterocycles. The van der Waals surface area contributed by atoms with Gasteiger partial charge < -0.3 is 4.90 Å². The van der Waals surface area contributed by atoms with Gasteiger partial charge in [0.15, 0.2) is 0 Å². The minimum atomic E-state index is -0.0934. The van der Waals surface area contributed by atoms with E-state index in [4.69, 9.17) is 5.26 Å². The molecule has 0 radical (unpaired) electrons. The van der Waals surface area contributed by atoms with Crippen molar-refractivity contribution in [2.45, 2.75) is 39.2 Å². The average molecular weight is 252 g/mol. The van der Waals surface area contributed by atoms with E-state index in [1.54, 1.807) is 11.9 Å². The van der Waals surface area contributed by atoms with Crippen molar-refractivity contribution < 1.29 is 4.79 Å².